The lowest BCUT2D eigenvalue weighted by Gasteiger charge is -2.25. The van der Waals surface area contributed by atoms with Gasteiger partial charge in [0.05, 0.1) is 0 Å². The zero-order valence-electron chi connectivity index (χ0n) is 35.3. The highest BCUT2D eigenvalue weighted by Crippen LogP contribution is 2.53. The highest BCUT2D eigenvalue weighted by Gasteiger charge is 2.37. The van der Waals surface area contributed by atoms with Gasteiger partial charge in [0, 0.05) is 16.7 Å². The van der Waals surface area contributed by atoms with E-state index in [4.69, 9.17) is 13.6 Å². The van der Waals surface area contributed by atoms with Gasteiger partial charge in [0.25, 0.3) is 0 Å². The molecule has 0 saturated carbocycles. The van der Waals surface area contributed by atoms with E-state index in [0.717, 1.165) is 69.3 Å². The van der Waals surface area contributed by atoms with Gasteiger partial charge in [0.2, 0.25) is 0 Å². The van der Waals surface area contributed by atoms with E-state index in [9.17, 15) is 0 Å². The fourth-order valence-electron chi connectivity index (χ4n) is 6.18. The summed E-state index contributed by atoms with van der Waals surface area (Å²) in [6.45, 7) is 32.9. The molecule has 0 aliphatic rings. The Morgan fingerprint density at radius 3 is 0.830 bits per heavy atom. The Kier molecular flexibility index (Phi) is 15.2. The van der Waals surface area contributed by atoms with E-state index in [1.165, 1.54) is 0 Å². The Hall–Kier alpha value is -3.38. The summed E-state index contributed by atoms with van der Waals surface area (Å²) >= 11 is 0. The van der Waals surface area contributed by atoms with Gasteiger partial charge in [-0.1, -0.05) is 118 Å². The first-order valence-corrected chi connectivity index (χ1v) is 31.4. The normalized spacial score (nSPS) is 11.8. The molecule has 284 valence electrons. The van der Waals surface area contributed by atoms with Crippen molar-refractivity contribution in [2.75, 3.05) is 0 Å². The summed E-state index contributed by atoms with van der Waals surface area (Å²) in [5.74, 6) is 11.9. The van der Waals surface area contributed by atoms with Crippen LogP contribution in [-0.2, 0) is 43.1 Å². The zero-order valence-corrected chi connectivity index (χ0v) is 39.2. The third-order valence-electron chi connectivity index (χ3n) is 8.63. The second kappa shape index (κ2) is 18.3. The van der Waals surface area contributed by atoms with Gasteiger partial charge in [0.15, 0.2) is 0 Å². The summed E-state index contributed by atoms with van der Waals surface area (Å²) in [5, 5.41) is 0. The number of phosphoric ester groups is 1. The van der Waals surface area contributed by atoms with Crippen LogP contribution in [0, 0.1) is 34.4 Å². The second-order valence-corrected chi connectivity index (χ2v) is 32.2. The van der Waals surface area contributed by atoms with Crippen molar-refractivity contribution >= 4 is 32.0 Å². The number of rotatable bonds is 12. The average Bonchev–Trinajstić information content (AvgIpc) is 3.07. The maximum Gasteiger partial charge on any atom is 0.647 e. The molecular weight excluding hydrogens is 720 g/mol. The highest BCUT2D eigenvalue weighted by atomic mass is 31.2. The molecule has 0 aliphatic carbocycles. The quantitative estimate of drug-likeness (QED) is 0.104. The largest absolute Gasteiger partial charge is 0.647 e. The number of benzene rings is 3. The van der Waals surface area contributed by atoms with E-state index in [0.29, 0.717) is 36.5 Å². The molecule has 0 unspecified atom stereocenters. The molecule has 0 heterocycles. The Morgan fingerprint density at radius 1 is 0.415 bits per heavy atom. The van der Waals surface area contributed by atoms with Crippen LogP contribution in [0.5, 0.6) is 17.2 Å². The van der Waals surface area contributed by atoms with Crippen LogP contribution < -0.4 is 13.6 Å². The van der Waals surface area contributed by atoms with Gasteiger partial charge in [0.1, 0.15) is 41.5 Å². The molecule has 0 saturated heterocycles. The van der Waals surface area contributed by atoms with E-state index in [1.807, 2.05) is 36.4 Å². The van der Waals surface area contributed by atoms with E-state index in [1.54, 1.807) is 0 Å². The minimum Gasteiger partial charge on any atom is -0.386 e. The Bertz CT molecular complexity index is 1800. The molecule has 3 rings (SSSR count). The summed E-state index contributed by atoms with van der Waals surface area (Å²) in [6, 6.07) is 11.6. The van der Waals surface area contributed by atoms with Crippen molar-refractivity contribution in [1.29, 1.82) is 0 Å². The standard InChI is InChI=1S/C45H63O4PSi3/c1-16-37-34(28-31-51(7,8)9)22-25-43(40(37)19-4)47-50(46,48-44-26-23-35(29-32-52(10,11)12)38(17-2)41(44)20-5)49-45-27-24-36(30-33-53(13,14)15)39(18-3)42(45)21-6/h22-27H,16-21H2,1-15H3. The maximum absolute atomic E-state index is 15.4. The predicted molar refractivity (Wildman–Crippen MR) is 236 cm³/mol. The lowest BCUT2D eigenvalue weighted by atomic mass is 9.96. The first-order valence-electron chi connectivity index (χ1n) is 19.4. The smallest absolute Gasteiger partial charge is 0.386 e. The van der Waals surface area contributed by atoms with Crippen molar-refractivity contribution < 1.29 is 18.1 Å². The Labute approximate surface area is 325 Å². The van der Waals surface area contributed by atoms with Gasteiger partial charge < -0.3 is 13.6 Å². The first-order chi connectivity index (χ1) is 24.7. The molecule has 0 aromatic heterocycles. The molecular formula is C45H63O4PSi3. The minimum absolute atomic E-state index is 0.490. The van der Waals surface area contributed by atoms with Crippen LogP contribution in [0.2, 0.25) is 58.9 Å². The van der Waals surface area contributed by atoms with Crippen molar-refractivity contribution in [2.45, 2.75) is 139 Å². The van der Waals surface area contributed by atoms with Crippen molar-refractivity contribution in [3.05, 3.63) is 86.5 Å². The Morgan fingerprint density at radius 2 is 0.642 bits per heavy atom. The topological polar surface area (TPSA) is 44.8 Å². The van der Waals surface area contributed by atoms with Crippen LogP contribution in [0.15, 0.2) is 36.4 Å². The SMILES string of the molecule is CCc1c(C#C[Si](C)(C)C)ccc(OP(=O)(Oc2ccc(C#C[Si](C)(C)C)c(CC)c2CC)Oc2ccc(C#C[Si](C)(C)C)c(CC)c2CC)c1CC. The monoisotopic (exact) mass is 782 g/mol. The molecule has 0 N–H and O–H groups in total. The number of hydrogen-bond acceptors (Lipinski definition) is 4. The molecule has 53 heavy (non-hydrogen) atoms. The lowest BCUT2D eigenvalue weighted by Crippen LogP contribution is -2.16. The van der Waals surface area contributed by atoms with Crippen molar-refractivity contribution in [2.24, 2.45) is 0 Å². The molecule has 0 atom stereocenters. The lowest BCUT2D eigenvalue weighted by molar-refractivity contribution is 0.295. The highest BCUT2D eigenvalue weighted by molar-refractivity contribution is 7.49. The van der Waals surface area contributed by atoms with Crippen molar-refractivity contribution in [1.82, 2.24) is 0 Å². The average molecular weight is 783 g/mol. The van der Waals surface area contributed by atoms with Gasteiger partial charge >= 0.3 is 7.82 Å². The van der Waals surface area contributed by atoms with E-state index >= 15 is 4.57 Å². The molecule has 0 aliphatic heterocycles. The molecule has 0 bridgehead atoms. The number of hydrogen-bond donors (Lipinski definition) is 0. The third kappa shape index (κ3) is 12.3. The molecule has 0 radical (unpaired) electrons. The molecule has 4 nitrogen and oxygen atoms in total. The number of phosphoric acid groups is 1. The zero-order chi connectivity index (χ0) is 39.8. The van der Waals surface area contributed by atoms with Crippen LogP contribution in [0.25, 0.3) is 0 Å². The van der Waals surface area contributed by atoms with Gasteiger partial charge in [-0.3, -0.25) is 0 Å². The fraction of sp³-hybridized carbons (Fsp3) is 0.467. The molecule has 8 heteroatoms. The Balaban J connectivity index is 2.31. The van der Waals surface area contributed by atoms with Crippen LogP contribution in [0.3, 0.4) is 0 Å². The third-order valence-corrected chi connectivity index (χ3v) is 12.5. The summed E-state index contributed by atoms with van der Waals surface area (Å²) in [7, 11) is -9.17. The van der Waals surface area contributed by atoms with E-state index in [2.05, 4.69) is 135 Å². The summed E-state index contributed by atoms with van der Waals surface area (Å²) < 4.78 is 35.2. The maximum atomic E-state index is 15.4. The first kappa shape index (κ1) is 44.0. The van der Waals surface area contributed by atoms with Gasteiger partial charge in [-0.05, 0) is 108 Å². The second-order valence-electron chi connectivity index (χ2n) is 16.5. The molecule has 3 aromatic rings. The van der Waals surface area contributed by atoms with Gasteiger partial charge in [-0.15, -0.1) is 16.6 Å². The van der Waals surface area contributed by atoms with Crippen LogP contribution >= 0.6 is 7.82 Å². The van der Waals surface area contributed by atoms with E-state index < -0.39 is 32.0 Å². The summed E-state index contributed by atoms with van der Waals surface area (Å²) in [6.07, 6.45) is 4.33. The molecule has 0 spiro atoms. The summed E-state index contributed by atoms with van der Waals surface area (Å²) in [5.41, 5.74) is 19.7. The van der Waals surface area contributed by atoms with Crippen molar-refractivity contribution in [3.8, 4) is 51.6 Å². The fourth-order valence-corrected chi connectivity index (χ4v) is 9.06. The van der Waals surface area contributed by atoms with Crippen LogP contribution in [-0.4, -0.2) is 24.2 Å². The van der Waals surface area contributed by atoms with Crippen LogP contribution in [0.1, 0.15) is 91.6 Å². The van der Waals surface area contributed by atoms with E-state index in [-0.39, 0.29) is 0 Å². The molecule has 0 amide bonds. The van der Waals surface area contributed by atoms with Crippen LogP contribution in [0.4, 0.5) is 0 Å². The molecule has 3 aromatic carbocycles. The predicted octanol–water partition coefficient (Wildman–Crippen LogP) is 12.4. The van der Waals surface area contributed by atoms with Gasteiger partial charge in [-0.25, -0.2) is 0 Å². The molecule has 0 fully saturated rings. The summed E-state index contributed by atoms with van der Waals surface area (Å²) in [4.78, 5) is 0. The minimum atomic E-state index is -4.36. The van der Waals surface area contributed by atoms with Crippen molar-refractivity contribution in [3.63, 3.8) is 0 Å². The van der Waals surface area contributed by atoms with Gasteiger partial charge in [-0.2, -0.15) is 4.57 Å².